The second kappa shape index (κ2) is 6.23. The zero-order valence-corrected chi connectivity index (χ0v) is 8.73. The third kappa shape index (κ3) is 9.69. The number of rotatable bonds is 6. The predicted octanol–water partition coefficient (Wildman–Crippen LogP) is 2.17. The lowest BCUT2D eigenvalue weighted by Crippen LogP contribution is -1.98. The van der Waals surface area contributed by atoms with Crippen molar-refractivity contribution in [2.75, 3.05) is 12.0 Å². The molecule has 0 aromatic carbocycles. The summed E-state index contributed by atoms with van der Waals surface area (Å²) >= 11 is 0. The Morgan fingerprint density at radius 2 is 1.83 bits per heavy atom. The third-order valence-corrected chi connectivity index (χ3v) is 2.34. The maximum atomic E-state index is 10.7. The normalized spacial score (nSPS) is 12.5. The van der Waals surface area contributed by atoms with Crippen LogP contribution in [0.4, 0.5) is 0 Å². The van der Waals surface area contributed by atoms with Gasteiger partial charge in [0.1, 0.15) is 0 Å². The van der Waals surface area contributed by atoms with Gasteiger partial charge in [0.05, 0.1) is 5.75 Å². The Hall–Kier alpha value is -0.310. The summed E-state index contributed by atoms with van der Waals surface area (Å²) < 4.78 is 21.3. The number of allylic oxidation sites excluding steroid dienone is 1. The topological polar surface area (TPSA) is 34.1 Å². The van der Waals surface area contributed by atoms with Gasteiger partial charge < -0.3 is 0 Å². The van der Waals surface area contributed by atoms with Crippen molar-refractivity contribution in [2.45, 2.75) is 32.6 Å². The van der Waals surface area contributed by atoms with Gasteiger partial charge in [-0.15, -0.1) is 0 Å². The van der Waals surface area contributed by atoms with Crippen LogP contribution in [0.25, 0.3) is 0 Å². The average Bonchev–Trinajstić information content (AvgIpc) is 1.94. The van der Waals surface area contributed by atoms with E-state index in [1.807, 2.05) is 6.08 Å². The predicted molar refractivity (Wildman–Crippen MR) is 53.0 cm³/mol. The molecule has 72 valence electrons. The molecule has 0 aliphatic carbocycles. The van der Waals surface area contributed by atoms with Crippen LogP contribution in [0.15, 0.2) is 12.2 Å². The molecule has 0 saturated carbocycles. The van der Waals surface area contributed by atoms with E-state index < -0.39 is 9.84 Å². The van der Waals surface area contributed by atoms with Gasteiger partial charge in [0.2, 0.25) is 0 Å². The maximum absolute atomic E-state index is 10.7. The fraction of sp³-hybridized carbons (Fsp3) is 0.778. The van der Waals surface area contributed by atoms with Gasteiger partial charge in [-0.3, -0.25) is 0 Å². The summed E-state index contributed by atoms with van der Waals surface area (Å²) in [4.78, 5) is 0. The first kappa shape index (κ1) is 11.7. The molecule has 0 aliphatic rings. The molecule has 0 aromatic rings. The highest BCUT2D eigenvalue weighted by Crippen LogP contribution is 1.99. The largest absolute Gasteiger partial charge is 0.229 e. The zero-order chi connectivity index (χ0) is 9.45. The lowest BCUT2D eigenvalue weighted by Gasteiger charge is -1.91. The molecule has 0 fully saturated rings. The molecule has 0 saturated heterocycles. The van der Waals surface area contributed by atoms with Gasteiger partial charge in [-0.25, -0.2) is 8.42 Å². The summed E-state index contributed by atoms with van der Waals surface area (Å²) in [5, 5.41) is 0. The molecule has 0 bridgehead atoms. The van der Waals surface area contributed by atoms with Crippen molar-refractivity contribution < 1.29 is 8.42 Å². The minimum atomic E-state index is -2.80. The highest BCUT2D eigenvalue weighted by Gasteiger charge is 1.95. The monoisotopic (exact) mass is 190 g/mol. The van der Waals surface area contributed by atoms with E-state index in [4.69, 9.17) is 0 Å². The number of hydrogen-bond acceptors (Lipinski definition) is 2. The Morgan fingerprint density at radius 1 is 1.17 bits per heavy atom. The van der Waals surface area contributed by atoms with E-state index in [2.05, 4.69) is 6.92 Å². The quantitative estimate of drug-likeness (QED) is 0.475. The molecular formula is C9H18O2S. The first-order valence-electron chi connectivity index (χ1n) is 4.39. The van der Waals surface area contributed by atoms with Gasteiger partial charge in [-0.05, 0) is 12.8 Å². The molecule has 0 unspecified atom stereocenters. The van der Waals surface area contributed by atoms with Crippen LogP contribution in [0.5, 0.6) is 0 Å². The first-order valence-corrected chi connectivity index (χ1v) is 6.45. The Balaban J connectivity index is 3.39. The molecule has 3 heteroatoms. The van der Waals surface area contributed by atoms with Crippen LogP contribution in [0.1, 0.15) is 32.6 Å². The standard InChI is InChI=1S/C9H18O2S/c1-3-4-5-6-7-8-9-12(2,10)11/h7-8H,3-6,9H2,1-2H3/b8-7+. The summed E-state index contributed by atoms with van der Waals surface area (Å²) in [6.45, 7) is 2.15. The Morgan fingerprint density at radius 3 is 2.33 bits per heavy atom. The van der Waals surface area contributed by atoms with E-state index in [1.54, 1.807) is 6.08 Å². The van der Waals surface area contributed by atoms with Crippen LogP contribution in [0, 0.1) is 0 Å². The Kier molecular flexibility index (Phi) is 6.07. The third-order valence-electron chi connectivity index (χ3n) is 1.54. The van der Waals surface area contributed by atoms with Gasteiger partial charge in [0.25, 0.3) is 0 Å². The molecule has 12 heavy (non-hydrogen) atoms. The highest BCUT2D eigenvalue weighted by atomic mass is 32.2. The molecular weight excluding hydrogens is 172 g/mol. The first-order chi connectivity index (χ1) is 5.56. The molecule has 0 aliphatic heterocycles. The van der Waals surface area contributed by atoms with Gasteiger partial charge in [-0.1, -0.05) is 31.9 Å². The van der Waals surface area contributed by atoms with Crippen LogP contribution in [-0.2, 0) is 9.84 Å². The van der Waals surface area contributed by atoms with Crippen molar-refractivity contribution in [2.24, 2.45) is 0 Å². The minimum absolute atomic E-state index is 0.180. The van der Waals surface area contributed by atoms with Crippen molar-refractivity contribution in [1.82, 2.24) is 0 Å². The maximum Gasteiger partial charge on any atom is 0.150 e. The highest BCUT2D eigenvalue weighted by molar-refractivity contribution is 7.90. The van der Waals surface area contributed by atoms with Crippen molar-refractivity contribution >= 4 is 9.84 Å². The van der Waals surface area contributed by atoms with E-state index in [9.17, 15) is 8.42 Å². The lowest BCUT2D eigenvalue weighted by molar-refractivity contribution is 0.604. The second-order valence-corrected chi connectivity index (χ2v) is 5.24. The molecule has 0 spiro atoms. The van der Waals surface area contributed by atoms with Crippen LogP contribution in [-0.4, -0.2) is 20.4 Å². The molecule has 0 aromatic heterocycles. The van der Waals surface area contributed by atoms with E-state index in [0.717, 1.165) is 12.8 Å². The number of sulfone groups is 1. The molecule has 0 amide bonds. The fourth-order valence-electron chi connectivity index (χ4n) is 0.873. The number of hydrogen-bond donors (Lipinski definition) is 0. The SMILES string of the molecule is CCCCC/C=C/CS(C)(=O)=O. The molecule has 0 rings (SSSR count). The van der Waals surface area contributed by atoms with Crippen molar-refractivity contribution in [3.8, 4) is 0 Å². The van der Waals surface area contributed by atoms with Crippen LogP contribution >= 0.6 is 0 Å². The summed E-state index contributed by atoms with van der Waals surface area (Å²) in [6, 6.07) is 0. The van der Waals surface area contributed by atoms with Gasteiger partial charge in [0.15, 0.2) is 9.84 Å². The van der Waals surface area contributed by atoms with Crippen LogP contribution in [0.3, 0.4) is 0 Å². The lowest BCUT2D eigenvalue weighted by atomic mass is 10.2. The van der Waals surface area contributed by atoms with E-state index >= 15 is 0 Å². The zero-order valence-electron chi connectivity index (χ0n) is 7.91. The van der Waals surface area contributed by atoms with Crippen LogP contribution in [0.2, 0.25) is 0 Å². The fourth-order valence-corrected chi connectivity index (χ4v) is 1.36. The average molecular weight is 190 g/mol. The summed E-state index contributed by atoms with van der Waals surface area (Å²) in [6.07, 6.45) is 9.55. The van der Waals surface area contributed by atoms with Gasteiger partial charge in [0, 0.05) is 6.26 Å². The molecule has 0 heterocycles. The minimum Gasteiger partial charge on any atom is -0.229 e. The molecule has 2 nitrogen and oxygen atoms in total. The number of unbranched alkanes of at least 4 members (excludes halogenated alkanes) is 3. The van der Waals surface area contributed by atoms with E-state index in [-0.39, 0.29) is 5.75 Å². The molecule has 0 radical (unpaired) electrons. The molecule has 0 atom stereocenters. The Bertz CT molecular complexity index is 215. The van der Waals surface area contributed by atoms with Crippen molar-refractivity contribution in [3.05, 3.63) is 12.2 Å². The molecule has 0 N–H and O–H groups in total. The Labute approximate surface area is 75.6 Å². The summed E-state index contributed by atoms with van der Waals surface area (Å²) in [7, 11) is -2.80. The smallest absolute Gasteiger partial charge is 0.150 e. The summed E-state index contributed by atoms with van der Waals surface area (Å²) in [5.41, 5.74) is 0. The summed E-state index contributed by atoms with van der Waals surface area (Å²) in [5.74, 6) is 0.180. The van der Waals surface area contributed by atoms with E-state index in [0.29, 0.717) is 0 Å². The van der Waals surface area contributed by atoms with Crippen molar-refractivity contribution in [1.29, 1.82) is 0 Å². The van der Waals surface area contributed by atoms with Crippen LogP contribution < -0.4 is 0 Å². The van der Waals surface area contributed by atoms with E-state index in [1.165, 1.54) is 19.1 Å². The van der Waals surface area contributed by atoms with Crippen molar-refractivity contribution in [3.63, 3.8) is 0 Å². The second-order valence-electron chi connectivity index (χ2n) is 3.06. The van der Waals surface area contributed by atoms with Gasteiger partial charge in [-0.2, -0.15) is 0 Å². The van der Waals surface area contributed by atoms with Gasteiger partial charge >= 0.3 is 0 Å².